The lowest BCUT2D eigenvalue weighted by Crippen LogP contribution is -1.96. The Bertz CT molecular complexity index is 3170. The highest BCUT2D eigenvalue weighted by Gasteiger charge is 2.17. The molecule has 11 rings (SSSR count). The van der Waals surface area contributed by atoms with Crippen molar-refractivity contribution in [3.8, 4) is 56.1 Å². The third-order valence-corrected chi connectivity index (χ3v) is 10.9. The molecule has 0 amide bonds. The highest BCUT2D eigenvalue weighted by atomic mass is 15.0. The number of fused-ring (bicyclic) bond motifs is 6. The standard InChI is InChI=1S/C52H34N4/c1-4-14-35(15-5-1)40-31-46(36-16-6-2-7-17-36)54-47(32-40)39-18-12-21-42(30-39)56-48-23-11-10-22-43(48)44-27-25-37(33-50(44)56)38-26-28-45-51(34-38)55(41-19-8-3-9-20-41)49-24-13-29-53-52(45)49/h1-34H. The monoisotopic (exact) mass is 714 g/mol. The molecule has 4 nitrogen and oxygen atoms in total. The molecule has 0 fully saturated rings. The molecule has 0 aliphatic heterocycles. The van der Waals surface area contributed by atoms with Gasteiger partial charge in [0.25, 0.3) is 0 Å². The van der Waals surface area contributed by atoms with Crippen LogP contribution in [-0.2, 0) is 0 Å². The highest BCUT2D eigenvalue weighted by molar-refractivity contribution is 6.11. The summed E-state index contributed by atoms with van der Waals surface area (Å²) in [4.78, 5) is 10.1. The van der Waals surface area contributed by atoms with E-state index in [1.807, 2.05) is 18.3 Å². The van der Waals surface area contributed by atoms with Crippen LogP contribution in [0.15, 0.2) is 206 Å². The molecular formula is C52H34N4. The molecule has 4 heteroatoms. The molecule has 0 saturated carbocycles. The van der Waals surface area contributed by atoms with Crippen molar-refractivity contribution >= 4 is 43.7 Å². The summed E-state index contributed by atoms with van der Waals surface area (Å²) in [6.45, 7) is 0. The quantitative estimate of drug-likeness (QED) is 0.172. The van der Waals surface area contributed by atoms with E-state index in [-0.39, 0.29) is 0 Å². The smallest absolute Gasteiger partial charge is 0.0963 e. The van der Waals surface area contributed by atoms with Gasteiger partial charge >= 0.3 is 0 Å². The number of para-hydroxylation sites is 2. The molecule has 0 unspecified atom stereocenters. The first-order chi connectivity index (χ1) is 27.8. The average Bonchev–Trinajstić information content (AvgIpc) is 3.79. The maximum atomic E-state index is 5.25. The summed E-state index contributed by atoms with van der Waals surface area (Å²) in [7, 11) is 0. The van der Waals surface area contributed by atoms with E-state index in [1.165, 1.54) is 16.3 Å². The molecule has 0 saturated heterocycles. The van der Waals surface area contributed by atoms with Crippen LogP contribution in [0.1, 0.15) is 0 Å². The molecule has 0 atom stereocenters. The van der Waals surface area contributed by atoms with Gasteiger partial charge in [0.05, 0.1) is 39.0 Å². The summed E-state index contributed by atoms with van der Waals surface area (Å²) in [5, 5.41) is 3.58. The molecule has 0 bridgehead atoms. The summed E-state index contributed by atoms with van der Waals surface area (Å²) in [5.41, 5.74) is 16.4. The van der Waals surface area contributed by atoms with Crippen LogP contribution in [0.25, 0.3) is 99.9 Å². The lowest BCUT2D eigenvalue weighted by molar-refractivity contribution is 1.17. The zero-order valence-electron chi connectivity index (χ0n) is 30.4. The van der Waals surface area contributed by atoms with Crippen molar-refractivity contribution in [2.75, 3.05) is 0 Å². The SMILES string of the molecule is c1ccc(-c2cc(-c3ccccc3)nc(-c3cccc(-n4c5ccccc5c5ccc(-c6ccc7c8ncccc8n(-c8ccccc8)c7c6)cc54)c3)c2)cc1. The van der Waals surface area contributed by atoms with E-state index in [0.717, 1.165) is 83.6 Å². The minimum absolute atomic E-state index is 0.935. The fraction of sp³-hybridized carbons (Fsp3) is 0. The number of nitrogens with zero attached hydrogens (tertiary/aromatic N) is 4. The van der Waals surface area contributed by atoms with E-state index in [9.17, 15) is 0 Å². The van der Waals surface area contributed by atoms with E-state index >= 15 is 0 Å². The van der Waals surface area contributed by atoms with E-state index in [1.54, 1.807) is 0 Å². The van der Waals surface area contributed by atoms with Crippen LogP contribution in [0.3, 0.4) is 0 Å². The van der Waals surface area contributed by atoms with Crippen LogP contribution < -0.4 is 0 Å². The van der Waals surface area contributed by atoms with Gasteiger partial charge in [0.1, 0.15) is 0 Å². The first kappa shape index (κ1) is 31.9. The molecule has 4 heterocycles. The van der Waals surface area contributed by atoms with E-state index in [0.29, 0.717) is 0 Å². The Labute approximate surface area is 324 Å². The van der Waals surface area contributed by atoms with Crippen LogP contribution >= 0.6 is 0 Å². The Kier molecular flexibility index (Phi) is 7.46. The van der Waals surface area contributed by atoms with Gasteiger partial charge in [-0.15, -0.1) is 0 Å². The van der Waals surface area contributed by atoms with Gasteiger partial charge in [0, 0.05) is 44.9 Å². The van der Waals surface area contributed by atoms with E-state index in [2.05, 4.69) is 197 Å². The Balaban J connectivity index is 1.08. The maximum Gasteiger partial charge on any atom is 0.0963 e. The summed E-state index contributed by atoms with van der Waals surface area (Å²) < 4.78 is 4.73. The molecule has 4 aromatic heterocycles. The number of benzene rings is 7. The molecule has 0 aliphatic carbocycles. The Hall–Kier alpha value is -7.56. The minimum Gasteiger partial charge on any atom is -0.309 e. The zero-order chi connectivity index (χ0) is 37.0. The fourth-order valence-corrected chi connectivity index (χ4v) is 8.33. The first-order valence-corrected chi connectivity index (χ1v) is 19.0. The second kappa shape index (κ2) is 13.1. The molecule has 0 radical (unpaired) electrons. The first-order valence-electron chi connectivity index (χ1n) is 19.0. The molecule has 0 aliphatic rings. The van der Waals surface area contributed by atoms with Gasteiger partial charge in [-0.3, -0.25) is 4.98 Å². The molecule has 7 aromatic carbocycles. The Morgan fingerprint density at radius 2 is 0.857 bits per heavy atom. The number of hydrogen-bond acceptors (Lipinski definition) is 2. The van der Waals surface area contributed by atoms with Crippen LogP contribution in [0.2, 0.25) is 0 Å². The van der Waals surface area contributed by atoms with Crippen molar-refractivity contribution < 1.29 is 0 Å². The lowest BCUT2D eigenvalue weighted by atomic mass is 10.00. The third kappa shape index (κ3) is 5.31. The Morgan fingerprint density at radius 1 is 0.304 bits per heavy atom. The predicted octanol–water partition coefficient (Wildman–Crippen LogP) is 13.3. The third-order valence-electron chi connectivity index (χ3n) is 10.9. The Morgan fingerprint density at radius 3 is 1.62 bits per heavy atom. The highest BCUT2D eigenvalue weighted by Crippen LogP contribution is 2.39. The van der Waals surface area contributed by atoms with Crippen molar-refractivity contribution in [2.24, 2.45) is 0 Å². The van der Waals surface area contributed by atoms with Gasteiger partial charge in [-0.05, 0) is 95.1 Å². The zero-order valence-corrected chi connectivity index (χ0v) is 30.4. The predicted molar refractivity (Wildman–Crippen MR) is 232 cm³/mol. The van der Waals surface area contributed by atoms with E-state index < -0.39 is 0 Å². The van der Waals surface area contributed by atoms with E-state index in [4.69, 9.17) is 9.97 Å². The average molecular weight is 715 g/mol. The van der Waals surface area contributed by atoms with Crippen molar-refractivity contribution in [1.29, 1.82) is 0 Å². The van der Waals surface area contributed by atoms with Crippen LogP contribution in [0, 0.1) is 0 Å². The normalized spacial score (nSPS) is 11.6. The molecule has 262 valence electrons. The number of aromatic nitrogens is 4. The summed E-state index contributed by atoms with van der Waals surface area (Å²) in [6, 6.07) is 71.3. The second-order valence-corrected chi connectivity index (χ2v) is 14.3. The fourth-order valence-electron chi connectivity index (χ4n) is 8.33. The second-order valence-electron chi connectivity index (χ2n) is 14.3. The molecular weight excluding hydrogens is 681 g/mol. The number of pyridine rings is 2. The van der Waals surface area contributed by atoms with Gasteiger partial charge in [-0.25, -0.2) is 4.98 Å². The molecule has 11 aromatic rings. The van der Waals surface area contributed by atoms with Crippen molar-refractivity contribution in [2.45, 2.75) is 0 Å². The van der Waals surface area contributed by atoms with Gasteiger partial charge in [0.15, 0.2) is 0 Å². The van der Waals surface area contributed by atoms with Gasteiger partial charge in [0.2, 0.25) is 0 Å². The maximum absolute atomic E-state index is 5.25. The van der Waals surface area contributed by atoms with Gasteiger partial charge < -0.3 is 9.13 Å². The minimum atomic E-state index is 0.935. The topological polar surface area (TPSA) is 35.6 Å². The summed E-state index contributed by atoms with van der Waals surface area (Å²) in [6.07, 6.45) is 1.88. The summed E-state index contributed by atoms with van der Waals surface area (Å²) in [5.74, 6) is 0. The number of hydrogen-bond donors (Lipinski definition) is 0. The lowest BCUT2D eigenvalue weighted by Gasteiger charge is -2.13. The van der Waals surface area contributed by atoms with Crippen LogP contribution in [0.4, 0.5) is 0 Å². The molecule has 56 heavy (non-hydrogen) atoms. The largest absolute Gasteiger partial charge is 0.309 e. The van der Waals surface area contributed by atoms with Crippen molar-refractivity contribution in [1.82, 2.24) is 19.1 Å². The molecule has 0 spiro atoms. The van der Waals surface area contributed by atoms with Gasteiger partial charge in [-0.1, -0.05) is 127 Å². The molecule has 0 N–H and O–H groups in total. The van der Waals surface area contributed by atoms with Crippen molar-refractivity contribution in [3.63, 3.8) is 0 Å². The van der Waals surface area contributed by atoms with Crippen LogP contribution in [0.5, 0.6) is 0 Å². The van der Waals surface area contributed by atoms with Crippen molar-refractivity contribution in [3.05, 3.63) is 206 Å². The summed E-state index contributed by atoms with van der Waals surface area (Å²) >= 11 is 0. The number of rotatable bonds is 6. The van der Waals surface area contributed by atoms with Crippen LogP contribution in [-0.4, -0.2) is 19.1 Å². The van der Waals surface area contributed by atoms with Gasteiger partial charge in [-0.2, -0.15) is 0 Å².